The lowest BCUT2D eigenvalue weighted by atomic mass is 10.1. The van der Waals surface area contributed by atoms with Crippen LogP contribution >= 0.6 is 0 Å². The number of amides is 3. The van der Waals surface area contributed by atoms with Gasteiger partial charge >= 0.3 is 5.97 Å². The maximum atomic E-state index is 12.4. The summed E-state index contributed by atoms with van der Waals surface area (Å²) in [7, 11) is 0. The molecular weight excluding hydrogens is 372 g/mol. The lowest BCUT2D eigenvalue weighted by Crippen LogP contribution is -2.34. The molecule has 1 heterocycles. The molecule has 2 aromatic carbocycles. The third kappa shape index (κ3) is 4.18. The summed E-state index contributed by atoms with van der Waals surface area (Å²) in [4.78, 5) is 51.7. The van der Waals surface area contributed by atoms with Gasteiger partial charge in [-0.3, -0.25) is 19.3 Å². The average Bonchev–Trinajstić information content (AvgIpc) is 2.98. The standard InChI is InChI=1S/C22H22N2O5/c1-3-23(4-2)19(25)14-29-22(28)16-11-9-15(10-12-16)13-24-20(26)17-7-5-6-8-18(17)21(24)27/h5-12H,3-4,13-14H2,1-2H3. The lowest BCUT2D eigenvalue weighted by molar-refractivity contribution is -0.134. The zero-order valence-corrected chi connectivity index (χ0v) is 16.4. The normalized spacial score (nSPS) is 12.7. The number of imide groups is 1. The number of rotatable bonds is 7. The van der Waals surface area contributed by atoms with Crippen LogP contribution in [0.5, 0.6) is 0 Å². The molecule has 0 saturated heterocycles. The van der Waals surface area contributed by atoms with Crippen LogP contribution in [0.15, 0.2) is 48.5 Å². The van der Waals surface area contributed by atoms with Crippen molar-refractivity contribution in [2.75, 3.05) is 19.7 Å². The molecular formula is C22H22N2O5. The fourth-order valence-electron chi connectivity index (χ4n) is 3.19. The topological polar surface area (TPSA) is 84.0 Å². The van der Waals surface area contributed by atoms with Crippen LogP contribution in [0.4, 0.5) is 0 Å². The molecule has 0 spiro atoms. The molecule has 0 aliphatic carbocycles. The smallest absolute Gasteiger partial charge is 0.338 e. The summed E-state index contributed by atoms with van der Waals surface area (Å²) < 4.78 is 5.08. The van der Waals surface area contributed by atoms with E-state index in [-0.39, 0.29) is 30.9 Å². The van der Waals surface area contributed by atoms with Gasteiger partial charge in [0.1, 0.15) is 0 Å². The highest BCUT2D eigenvalue weighted by Crippen LogP contribution is 2.24. The summed E-state index contributed by atoms with van der Waals surface area (Å²) in [6, 6.07) is 13.1. The Bertz CT molecular complexity index is 913. The molecule has 0 aromatic heterocycles. The molecule has 150 valence electrons. The molecule has 2 aromatic rings. The first-order valence-corrected chi connectivity index (χ1v) is 9.45. The maximum Gasteiger partial charge on any atom is 0.338 e. The van der Waals surface area contributed by atoms with Crippen LogP contribution in [0.1, 0.15) is 50.5 Å². The molecule has 0 bridgehead atoms. The highest BCUT2D eigenvalue weighted by molar-refractivity contribution is 6.21. The molecule has 0 saturated carbocycles. The maximum absolute atomic E-state index is 12.4. The second kappa shape index (κ2) is 8.68. The molecule has 29 heavy (non-hydrogen) atoms. The molecule has 0 fully saturated rings. The van der Waals surface area contributed by atoms with Crippen molar-refractivity contribution < 1.29 is 23.9 Å². The van der Waals surface area contributed by atoms with Crippen molar-refractivity contribution >= 4 is 23.7 Å². The summed E-state index contributed by atoms with van der Waals surface area (Å²) >= 11 is 0. The van der Waals surface area contributed by atoms with Crippen molar-refractivity contribution in [1.29, 1.82) is 0 Å². The van der Waals surface area contributed by atoms with E-state index in [9.17, 15) is 19.2 Å². The van der Waals surface area contributed by atoms with Gasteiger partial charge in [-0.25, -0.2) is 4.79 Å². The highest BCUT2D eigenvalue weighted by atomic mass is 16.5. The van der Waals surface area contributed by atoms with E-state index in [0.717, 1.165) is 0 Å². The molecule has 7 heteroatoms. The predicted octanol–water partition coefficient (Wildman–Crippen LogP) is 2.51. The third-order valence-electron chi connectivity index (χ3n) is 4.85. The van der Waals surface area contributed by atoms with Gasteiger partial charge in [0.15, 0.2) is 6.61 Å². The first-order chi connectivity index (χ1) is 14.0. The Morgan fingerprint density at radius 1 is 0.897 bits per heavy atom. The Balaban J connectivity index is 1.61. The quantitative estimate of drug-likeness (QED) is 0.532. The third-order valence-corrected chi connectivity index (χ3v) is 4.85. The predicted molar refractivity (Wildman–Crippen MR) is 105 cm³/mol. The zero-order valence-electron chi connectivity index (χ0n) is 16.4. The summed E-state index contributed by atoms with van der Waals surface area (Å²) in [5.41, 5.74) is 1.80. The van der Waals surface area contributed by atoms with Gasteiger partial charge < -0.3 is 9.64 Å². The zero-order chi connectivity index (χ0) is 21.0. The molecule has 3 amide bonds. The van der Waals surface area contributed by atoms with Gasteiger partial charge in [0, 0.05) is 13.1 Å². The first kappa shape index (κ1) is 20.3. The number of nitrogens with zero attached hydrogens (tertiary/aromatic N) is 2. The highest BCUT2D eigenvalue weighted by Gasteiger charge is 2.34. The van der Waals surface area contributed by atoms with Gasteiger partial charge in [0.25, 0.3) is 17.7 Å². The lowest BCUT2D eigenvalue weighted by Gasteiger charge is -2.18. The molecule has 0 radical (unpaired) electrons. The number of hydrogen-bond donors (Lipinski definition) is 0. The van der Waals surface area contributed by atoms with E-state index in [1.54, 1.807) is 53.4 Å². The Morgan fingerprint density at radius 2 is 1.45 bits per heavy atom. The fourth-order valence-corrected chi connectivity index (χ4v) is 3.19. The number of esters is 1. The van der Waals surface area contributed by atoms with E-state index in [0.29, 0.717) is 35.3 Å². The average molecular weight is 394 g/mol. The van der Waals surface area contributed by atoms with Crippen molar-refractivity contribution in [2.24, 2.45) is 0 Å². The summed E-state index contributed by atoms with van der Waals surface area (Å²) in [6.07, 6.45) is 0. The Kier molecular flexibility index (Phi) is 6.07. The first-order valence-electron chi connectivity index (χ1n) is 9.45. The molecule has 0 atom stereocenters. The summed E-state index contributed by atoms with van der Waals surface area (Å²) in [5, 5.41) is 0. The van der Waals surface area contributed by atoms with Crippen molar-refractivity contribution in [1.82, 2.24) is 9.80 Å². The van der Waals surface area contributed by atoms with Crippen LogP contribution in [0.25, 0.3) is 0 Å². The minimum absolute atomic E-state index is 0.113. The summed E-state index contributed by atoms with van der Waals surface area (Å²) in [6.45, 7) is 4.63. The van der Waals surface area contributed by atoms with Gasteiger partial charge in [-0.2, -0.15) is 0 Å². The van der Waals surface area contributed by atoms with Gasteiger partial charge in [-0.1, -0.05) is 24.3 Å². The van der Waals surface area contributed by atoms with Crippen molar-refractivity contribution in [3.05, 3.63) is 70.8 Å². The number of fused-ring (bicyclic) bond motifs is 1. The van der Waals surface area contributed by atoms with Crippen molar-refractivity contribution in [3.63, 3.8) is 0 Å². The van der Waals surface area contributed by atoms with Crippen LogP contribution in [-0.4, -0.2) is 53.2 Å². The largest absolute Gasteiger partial charge is 0.452 e. The minimum Gasteiger partial charge on any atom is -0.452 e. The molecule has 7 nitrogen and oxygen atoms in total. The number of likely N-dealkylation sites (N-methyl/N-ethyl adjacent to an activating group) is 1. The van der Waals surface area contributed by atoms with E-state index in [2.05, 4.69) is 0 Å². The van der Waals surface area contributed by atoms with Crippen molar-refractivity contribution in [3.8, 4) is 0 Å². The molecule has 1 aliphatic rings. The van der Waals surface area contributed by atoms with Crippen molar-refractivity contribution in [2.45, 2.75) is 20.4 Å². The monoisotopic (exact) mass is 394 g/mol. The number of benzene rings is 2. The van der Waals surface area contributed by atoms with Gasteiger partial charge in [-0.15, -0.1) is 0 Å². The van der Waals surface area contributed by atoms with E-state index in [4.69, 9.17) is 4.74 Å². The van der Waals surface area contributed by atoms with E-state index >= 15 is 0 Å². The molecule has 0 unspecified atom stereocenters. The Hall–Kier alpha value is -3.48. The second-order valence-electron chi connectivity index (χ2n) is 6.58. The molecule has 0 N–H and O–H groups in total. The number of carbonyl (C=O) groups excluding carboxylic acids is 4. The summed E-state index contributed by atoms with van der Waals surface area (Å²) in [5.74, 6) is -1.50. The van der Waals surface area contributed by atoms with Crippen LogP contribution in [-0.2, 0) is 16.1 Å². The number of carbonyl (C=O) groups is 4. The van der Waals surface area contributed by atoms with Gasteiger partial charge in [-0.05, 0) is 43.7 Å². The fraction of sp³-hybridized carbons (Fsp3) is 0.273. The molecule has 1 aliphatic heterocycles. The Morgan fingerprint density at radius 3 is 1.97 bits per heavy atom. The van der Waals surface area contributed by atoms with E-state index in [1.165, 1.54) is 4.90 Å². The van der Waals surface area contributed by atoms with Crippen LogP contribution < -0.4 is 0 Å². The number of hydrogen-bond acceptors (Lipinski definition) is 5. The van der Waals surface area contributed by atoms with Gasteiger partial charge in [0.05, 0.1) is 23.2 Å². The second-order valence-corrected chi connectivity index (χ2v) is 6.58. The molecule has 3 rings (SSSR count). The van der Waals surface area contributed by atoms with E-state index < -0.39 is 5.97 Å². The Labute approximate surface area is 168 Å². The minimum atomic E-state index is -0.599. The van der Waals surface area contributed by atoms with Crippen LogP contribution in [0, 0.1) is 0 Å². The number of ether oxygens (including phenoxy) is 1. The van der Waals surface area contributed by atoms with Gasteiger partial charge in [0.2, 0.25) is 0 Å². The van der Waals surface area contributed by atoms with Crippen LogP contribution in [0.2, 0.25) is 0 Å². The van der Waals surface area contributed by atoms with Crippen LogP contribution in [0.3, 0.4) is 0 Å². The van der Waals surface area contributed by atoms with E-state index in [1.807, 2.05) is 13.8 Å². The SMILES string of the molecule is CCN(CC)C(=O)COC(=O)c1ccc(CN2C(=O)c3ccccc3C2=O)cc1.